The average Bonchev–Trinajstić information content (AvgIpc) is 2.70. The molecule has 1 aliphatic rings. The smallest absolute Gasteiger partial charge is 0.251 e. The van der Waals surface area contributed by atoms with Crippen molar-refractivity contribution in [3.63, 3.8) is 0 Å². The number of nitrogens with one attached hydrogen (secondary N) is 2. The highest BCUT2D eigenvalue weighted by molar-refractivity contribution is 5.94. The molecular formula is C22H24F2N2O2. The molecule has 2 aromatic carbocycles. The van der Waals surface area contributed by atoms with Gasteiger partial charge in [-0.1, -0.05) is 18.6 Å². The van der Waals surface area contributed by atoms with Gasteiger partial charge in [-0.15, -0.1) is 0 Å². The lowest BCUT2D eigenvalue weighted by Crippen LogP contribution is -2.35. The van der Waals surface area contributed by atoms with Crippen molar-refractivity contribution in [2.24, 2.45) is 11.8 Å². The summed E-state index contributed by atoms with van der Waals surface area (Å²) in [6, 6.07) is 11.3. The van der Waals surface area contributed by atoms with Crippen LogP contribution < -0.4 is 10.6 Å². The summed E-state index contributed by atoms with van der Waals surface area (Å²) in [4.78, 5) is 24.3. The molecule has 0 heterocycles. The second-order valence-electron chi connectivity index (χ2n) is 7.34. The highest BCUT2D eigenvalue weighted by Crippen LogP contribution is 2.28. The molecule has 0 spiro atoms. The first kappa shape index (κ1) is 20.0. The minimum atomic E-state index is -0.431. The molecule has 148 valence electrons. The van der Waals surface area contributed by atoms with Crippen LogP contribution in [0.2, 0.25) is 0 Å². The largest absolute Gasteiger partial charge is 0.352 e. The Morgan fingerprint density at radius 2 is 1.29 bits per heavy atom. The first-order chi connectivity index (χ1) is 13.5. The van der Waals surface area contributed by atoms with Crippen molar-refractivity contribution < 1.29 is 18.4 Å². The van der Waals surface area contributed by atoms with Gasteiger partial charge in [-0.3, -0.25) is 9.59 Å². The molecule has 4 nitrogen and oxygen atoms in total. The molecule has 3 rings (SSSR count). The lowest BCUT2D eigenvalue weighted by molar-refractivity contribution is 0.0935. The van der Waals surface area contributed by atoms with E-state index in [4.69, 9.17) is 0 Å². The van der Waals surface area contributed by atoms with Gasteiger partial charge in [0.15, 0.2) is 0 Å². The van der Waals surface area contributed by atoms with Crippen LogP contribution in [0, 0.1) is 23.5 Å². The van der Waals surface area contributed by atoms with Crippen molar-refractivity contribution in [2.75, 3.05) is 13.1 Å². The summed E-state index contributed by atoms with van der Waals surface area (Å²) in [6.07, 6.45) is 3.95. The van der Waals surface area contributed by atoms with Crippen LogP contribution in [0.1, 0.15) is 46.4 Å². The van der Waals surface area contributed by atoms with Crippen LogP contribution in [0.3, 0.4) is 0 Å². The van der Waals surface area contributed by atoms with Crippen LogP contribution in [0.15, 0.2) is 48.5 Å². The molecule has 0 aliphatic heterocycles. The lowest BCUT2D eigenvalue weighted by Gasteiger charge is -2.29. The van der Waals surface area contributed by atoms with Gasteiger partial charge in [-0.25, -0.2) is 8.78 Å². The summed E-state index contributed by atoms with van der Waals surface area (Å²) in [5, 5.41) is 5.76. The van der Waals surface area contributed by atoms with Gasteiger partial charge in [-0.2, -0.15) is 0 Å². The number of amides is 2. The third-order valence-electron chi connectivity index (χ3n) is 5.17. The van der Waals surface area contributed by atoms with Crippen molar-refractivity contribution in [3.8, 4) is 0 Å². The number of benzene rings is 2. The minimum absolute atomic E-state index is 0.277. The van der Waals surface area contributed by atoms with Gasteiger partial charge in [-0.05, 0) is 67.5 Å². The summed E-state index contributed by atoms with van der Waals surface area (Å²) in [7, 11) is 0. The highest BCUT2D eigenvalue weighted by atomic mass is 19.1. The summed E-state index contributed by atoms with van der Waals surface area (Å²) in [5.74, 6) is -0.773. The third-order valence-corrected chi connectivity index (χ3v) is 5.17. The normalized spacial score (nSPS) is 19.1. The highest BCUT2D eigenvalue weighted by Gasteiger charge is 2.23. The molecule has 0 bridgehead atoms. The van der Waals surface area contributed by atoms with Gasteiger partial charge >= 0.3 is 0 Å². The maximum Gasteiger partial charge on any atom is 0.251 e. The van der Waals surface area contributed by atoms with Crippen molar-refractivity contribution in [1.82, 2.24) is 10.6 Å². The summed E-state index contributed by atoms with van der Waals surface area (Å²) < 4.78 is 26.5. The van der Waals surface area contributed by atoms with Gasteiger partial charge in [0.1, 0.15) is 11.6 Å². The Morgan fingerprint density at radius 3 is 1.71 bits per heavy atom. The Labute approximate surface area is 163 Å². The molecule has 0 saturated heterocycles. The zero-order chi connectivity index (χ0) is 19.9. The Kier molecular flexibility index (Phi) is 6.74. The van der Waals surface area contributed by atoms with E-state index in [-0.39, 0.29) is 11.8 Å². The van der Waals surface area contributed by atoms with Gasteiger partial charge in [0.05, 0.1) is 0 Å². The summed E-state index contributed by atoms with van der Waals surface area (Å²) >= 11 is 0. The third kappa shape index (κ3) is 5.62. The molecule has 2 N–H and O–H groups in total. The lowest BCUT2D eigenvalue weighted by atomic mass is 9.81. The van der Waals surface area contributed by atoms with E-state index in [0.717, 1.165) is 25.7 Å². The molecular weight excluding hydrogens is 362 g/mol. The van der Waals surface area contributed by atoms with Gasteiger partial charge in [0, 0.05) is 24.2 Å². The average molecular weight is 386 g/mol. The van der Waals surface area contributed by atoms with Crippen LogP contribution in [-0.4, -0.2) is 24.9 Å². The van der Waals surface area contributed by atoms with E-state index in [2.05, 4.69) is 10.6 Å². The Bertz CT molecular complexity index is 773. The van der Waals surface area contributed by atoms with E-state index in [9.17, 15) is 18.4 Å². The van der Waals surface area contributed by atoms with Crippen molar-refractivity contribution >= 4 is 11.8 Å². The second kappa shape index (κ2) is 9.44. The number of carbonyl (C=O) groups excluding carboxylic acids is 2. The molecule has 28 heavy (non-hydrogen) atoms. The van der Waals surface area contributed by atoms with Crippen LogP contribution >= 0.6 is 0 Å². The molecule has 0 aromatic heterocycles. The van der Waals surface area contributed by atoms with E-state index in [0.29, 0.717) is 36.1 Å². The second-order valence-corrected chi connectivity index (χ2v) is 7.34. The molecule has 2 amide bonds. The van der Waals surface area contributed by atoms with Crippen LogP contribution in [0.4, 0.5) is 8.78 Å². The van der Waals surface area contributed by atoms with Crippen LogP contribution in [0.25, 0.3) is 0 Å². The fraction of sp³-hybridized carbons (Fsp3) is 0.364. The zero-order valence-electron chi connectivity index (χ0n) is 15.6. The fourth-order valence-corrected chi connectivity index (χ4v) is 3.71. The van der Waals surface area contributed by atoms with Crippen LogP contribution in [-0.2, 0) is 0 Å². The SMILES string of the molecule is O=C(NC[C@H]1CCC[C@@H](CNC(=O)c2cccc(F)c2)C1)c1cccc(F)c1. The maximum absolute atomic E-state index is 13.2. The van der Waals surface area contributed by atoms with E-state index < -0.39 is 11.6 Å². The van der Waals surface area contributed by atoms with E-state index in [1.807, 2.05) is 0 Å². The van der Waals surface area contributed by atoms with E-state index in [1.165, 1.54) is 36.4 Å². The fourth-order valence-electron chi connectivity index (χ4n) is 3.71. The Hall–Kier alpha value is -2.76. The predicted molar refractivity (Wildman–Crippen MR) is 103 cm³/mol. The van der Waals surface area contributed by atoms with E-state index in [1.54, 1.807) is 12.1 Å². The predicted octanol–water partition coefficient (Wildman–Crippen LogP) is 3.93. The quantitative estimate of drug-likeness (QED) is 0.790. The van der Waals surface area contributed by atoms with Crippen LogP contribution in [0.5, 0.6) is 0 Å². The van der Waals surface area contributed by atoms with Gasteiger partial charge in [0.25, 0.3) is 11.8 Å². The first-order valence-electron chi connectivity index (χ1n) is 9.59. The van der Waals surface area contributed by atoms with Crippen molar-refractivity contribution in [3.05, 3.63) is 71.3 Å². The van der Waals surface area contributed by atoms with Gasteiger partial charge < -0.3 is 10.6 Å². The molecule has 2 aromatic rings. The number of rotatable bonds is 6. The molecule has 6 heteroatoms. The number of hydrogen-bond acceptors (Lipinski definition) is 2. The molecule has 1 aliphatic carbocycles. The topological polar surface area (TPSA) is 58.2 Å². The number of hydrogen-bond donors (Lipinski definition) is 2. The van der Waals surface area contributed by atoms with Crippen molar-refractivity contribution in [1.29, 1.82) is 0 Å². The molecule has 1 saturated carbocycles. The summed E-state index contributed by atoms with van der Waals surface area (Å²) in [5.41, 5.74) is 0.629. The molecule has 0 unspecified atom stereocenters. The summed E-state index contributed by atoms with van der Waals surface area (Å²) in [6.45, 7) is 1.06. The zero-order valence-corrected chi connectivity index (χ0v) is 15.6. The molecule has 1 fully saturated rings. The minimum Gasteiger partial charge on any atom is -0.352 e. The molecule has 2 atom stereocenters. The first-order valence-corrected chi connectivity index (χ1v) is 9.59. The number of halogens is 2. The van der Waals surface area contributed by atoms with Gasteiger partial charge in [0.2, 0.25) is 0 Å². The Morgan fingerprint density at radius 1 is 0.821 bits per heavy atom. The van der Waals surface area contributed by atoms with Crippen molar-refractivity contribution in [2.45, 2.75) is 25.7 Å². The monoisotopic (exact) mass is 386 g/mol. The van der Waals surface area contributed by atoms with E-state index >= 15 is 0 Å². The number of carbonyl (C=O) groups is 2. The Balaban J connectivity index is 1.45. The molecule has 0 radical (unpaired) electrons. The standard InChI is InChI=1S/C22H24F2N2O2/c23-19-8-2-6-17(11-19)21(27)25-13-15-4-1-5-16(10-15)14-26-22(28)18-7-3-9-20(24)12-18/h2-3,6-9,11-12,15-16H,1,4-5,10,13-14H2,(H,25,27)(H,26,28)/t15-,16+. The maximum atomic E-state index is 13.2.